The van der Waals surface area contributed by atoms with E-state index in [-0.39, 0.29) is 36.4 Å². The molecule has 1 fully saturated rings. The second-order valence-corrected chi connectivity index (χ2v) is 6.87. The molecule has 1 aromatic rings. The van der Waals surface area contributed by atoms with Crippen LogP contribution in [-0.2, 0) is 20.9 Å². The maximum absolute atomic E-state index is 14.0. The zero-order valence-corrected chi connectivity index (χ0v) is 16.0. The van der Waals surface area contributed by atoms with Gasteiger partial charge in [-0.3, -0.25) is 14.5 Å². The number of rotatable bonds is 8. The Morgan fingerprint density at radius 3 is 2.81 bits per heavy atom. The quantitative estimate of drug-likeness (QED) is 0.740. The highest BCUT2D eigenvalue weighted by molar-refractivity contribution is 5.89. The highest BCUT2D eigenvalue weighted by Gasteiger charge is 2.33. The molecule has 1 heterocycles. The van der Waals surface area contributed by atoms with Crippen molar-refractivity contribution >= 4 is 11.8 Å². The molecule has 0 saturated carbocycles. The molecular weight excluding hydrogens is 356 g/mol. The Balaban J connectivity index is 2.14. The van der Waals surface area contributed by atoms with Crippen molar-refractivity contribution in [3.8, 4) is 0 Å². The molecule has 6 nitrogen and oxygen atoms in total. The normalized spacial score (nSPS) is 17.9. The van der Waals surface area contributed by atoms with Crippen molar-refractivity contribution in [1.29, 1.82) is 0 Å². The van der Waals surface area contributed by atoms with E-state index in [1.807, 2.05) is 13.8 Å². The van der Waals surface area contributed by atoms with Gasteiger partial charge in [0.15, 0.2) is 11.6 Å². The highest BCUT2D eigenvalue weighted by Crippen LogP contribution is 2.19. The van der Waals surface area contributed by atoms with E-state index in [0.29, 0.717) is 26.2 Å². The van der Waals surface area contributed by atoms with Gasteiger partial charge < -0.3 is 15.0 Å². The average molecular weight is 383 g/mol. The van der Waals surface area contributed by atoms with Gasteiger partial charge in [0.1, 0.15) is 0 Å². The maximum atomic E-state index is 14.0. The van der Waals surface area contributed by atoms with Crippen LogP contribution in [0.3, 0.4) is 0 Å². The standard InChI is InChI=1S/C19H27F2N3O3/c1-13(2)24(9-10-27-3)17(25)11-16-19(26)22-7-8-23(16)12-14-5-4-6-15(20)18(14)21/h4-6,13,16H,7-12H2,1-3H3,(H,22,26)/t16-/m1/s1. The van der Waals surface area contributed by atoms with Crippen molar-refractivity contribution in [2.45, 2.75) is 38.9 Å². The van der Waals surface area contributed by atoms with Crippen LogP contribution in [0.4, 0.5) is 8.78 Å². The topological polar surface area (TPSA) is 61.9 Å². The number of amides is 2. The zero-order valence-electron chi connectivity index (χ0n) is 16.0. The lowest BCUT2D eigenvalue weighted by Gasteiger charge is -2.36. The number of nitrogens with one attached hydrogen (secondary N) is 1. The fourth-order valence-corrected chi connectivity index (χ4v) is 3.21. The SMILES string of the molecule is COCCN(C(=O)C[C@@H]1C(=O)NCCN1Cc1cccc(F)c1F)C(C)C. The van der Waals surface area contributed by atoms with Crippen LogP contribution in [0.2, 0.25) is 0 Å². The van der Waals surface area contributed by atoms with Crippen molar-refractivity contribution in [2.75, 3.05) is 33.4 Å². The summed E-state index contributed by atoms with van der Waals surface area (Å²) in [5, 5.41) is 2.75. The third-order valence-corrected chi connectivity index (χ3v) is 4.69. The molecule has 1 aromatic carbocycles. The largest absolute Gasteiger partial charge is 0.383 e. The first-order chi connectivity index (χ1) is 12.8. The van der Waals surface area contributed by atoms with Crippen molar-refractivity contribution in [2.24, 2.45) is 0 Å². The predicted octanol–water partition coefficient (Wildman–Crippen LogP) is 1.54. The minimum Gasteiger partial charge on any atom is -0.383 e. The van der Waals surface area contributed by atoms with Gasteiger partial charge in [-0.1, -0.05) is 12.1 Å². The minimum atomic E-state index is -0.924. The first-order valence-corrected chi connectivity index (χ1v) is 9.08. The Morgan fingerprint density at radius 1 is 1.41 bits per heavy atom. The van der Waals surface area contributed by atoms with Gasteiger partial charge in [0, 0.05) is 44.9 Å². The van der Waals surface area contributed by atoms with Crippen LogP contribution in [0, 0.1) is 11.6 Å². The lowest BCUT2D eigenvalue weighted by molar-refractivity contribution is -0.140. The summed E-state index contributed by atoms with van der Waals surface area (Å²) in [5.41, 5.74) is 0.169. The van der Waals surface area contributed by atoms with Crippen LogP contribution in [0.5, 0.6) is 0 Å². The first-order valence-electron chi connectivity index (χ1n) is 9.08. The Hall–Kier alpha value is -2.06. The molecular formula is C19H27F2N3O3. The molecule has 0 aromatic heterocycles. The van der Waals surface area contributed by atoms with Crippen LogP contribution in [-0.4, -0.2) is 67.0 Å². The van der Waals surface area contributed by atoms with Gasteiger partial charge in [-0.25, -0.2) is 8.78 Å². The maximum Gasteiger partial charge on any atom is 0.237 e. The Labute approximate surface area is 158 Å². The van der Waals surface area contributed by atoms with E-state index in [4.69, 9.17) is 4.74 Å². The Morgan fingerprint density at radius 2 is 2.15 bits per heavy atom. The van der Waals surface area contributed by atoms with Gasteiger partial charge in [-0.2, -0.15) is 0 Å². The fraction of sp³-hybridized carbons (Fsp3) is 0.579. The summed E-state index contributed by atoms with van der Waals surface area (Å²) in [6.07, 6.45) is -0.0232. The second kappa shape index (κ2) is 9.75. The van der Waals surface area contributed by atoms with Crippen molar-refractivity contribution in [3.05, 3.63) is 35.4 Å². The number of hydrogen-bond acceptors (Lipinski definition) is 4. The number of methoxy groups -OCH3 is 1. The number of nitrogens with zero attached hydrogens (tertiary/aromatic N) is 2. The van der Waals surface area contributed by atoms with E-state index in [0.717, 1.165) is 6.07 Å². The minimum absolute atomic E-state index is 0.0232. The molecule has 0 unspecified atom stereocenters. The molecule has 1 aliphatic heterocycles. The van der Waals surface area contributed by atoms with E-state index in [9.17, 15) is 18.4 Å². The van der Waals surface area contributed by atoms with E-state index in [1.54, 1.807) is 16.9 Å². The van der Waals surface area contributed by atoms with Crippen LogP contribution >= 0.6 is 0 Å². The summed E-state index contributed by atoms with van der Waals surface area (Å²) >= 11 is 0. The summed E-state index contributed by atoms with van der Waals surface area (Å²) < 4.78 is 32.6. The monoisotopic (exact) mass is 383 g/mol. The molecule has 1 aliphatic rings. The number of carbonyl (C=O) groups is 2. The summed E-state index contributed by atoms with van der Waals surface area (Å²) in [6.45, 7) is 5.55. The fourth-order valence-electron chi connectivity index (χ4n) is 3.21. The van der Waals surface area contributed by atoms with E-state index < -0.39 is 17.7 Å². The van der Waals surface area contributed by atoms with Gasteiger partial charge in [0.25, 0.3) is 0 Å². The lowest BCUT2D eigenvalue weighted by atomic mass is 10.1. The molecule has 2 rings (SSSR count). The third kappa shape index (κ3) is 5.46. The molecule has 1 atom stereocenters. The van der Waals surface area contributed by atoms with Gasteiger partial charge >= 0.3 is 0 Å². The van der Waals surface area contributed by atoms with Gasteiger partial charge in [0.05, 0.1) is 19.1 Å². The smallest absolute Gasteiger partial charge is 0.237 e. The van der Waals surface area contributed by atoms with Crippen LogP contribution in [0.1, 0.15) is 25.8 Å². The van der Waals surface area contributed by atoms with E-state index in [2.05, 4.69) is 5.32 Å². The molecule has 0 aliphatic carbocycles. The van der Waals surface area contributed by atoms with E-state index >= 15 is 0 Å². The first kappa shape index (κ1) is 21.2. The van der Waals surface area contributed by atoms with Crippen molar-refractivity contribution in [1.82, 2.24) is 15.1 Å². The second-order valence-electron chi connectivity index (χ2n) is 6.87. The van der Waals surface area contributed by atoms with Crippen molar-refractivity contribution < 1.29 is 23.1 Å². The molecule has 2 amide bonds. The van der Waals surface area contributed by atoms with E-state index in [1.165, 1.54) is 12.1 Å². The lowest BCUT2D eigenvalue weighted by Crippen LogP contribution is -2.56. The number of carbonyl (C=O) groups excluding carboxylic acids is 2. The Bertz CT molecular complexity index is 670. The van der Waals surface area contributed by atoms with Gasteiger partial charge in [-0.05, 0) is 19.9 Å². The van der Waals surface area contributed by atoms with Crippen LogP contribution in [0.25, 0.3) is 0 Å². The van der Waals surface area contributed by atoms with Crippen LogP contribution < -0.4 is 5.32 Å². The van der Waals surface area contributed by atoms with Gasteiger partial charge in [0.2, 0.25) is 11.8 Å². The van der Waals surface area contributed by atoms with Crippen molar-refractivity contribution in [3.63, 3.8) is 0 Å². The summed E-state index contributed by atoms with van der Waals surface area (Å²) in [6, 6.07) is 3.22. The molecule has 0 spiro atoms. The summed E-state index contributed by atoms with van der Waals surface area (Å²) in [4.78, 5) is 28.5. The molecule has 1 saturated heterocycles. The molecule has 1 N–H and O–H groups in total. The number of benzene rings is 1. The number of piperazine rings is 1. The molecule has 8 heteroatoms. The number of halogens is 2. The number of hydrogen-bond donors (Lipinski definition) is 1. The summed E-state index contributed by atoms with van der Waals surface area (Å²) in [5.74, 6) is -2.29. The molecule has 150 valence electrons. The number of ether oxygens (including phenoxy) is 1. The molecule has 0 bridgehead atoms. The predicted molar refractivity (Wildman–Crippen MR) is 96.9 cm³/mol. The molecule has 27 heavy (non-hydrogen) atoms. The van der Waals surface area contributed by atoms with Gasteiger partial charge in [-0.15, -0.1) is 0 Å². The summed E-state index contributed by atoms with van der Waals surface area (Å²) in [7, 11) is 1.56. The average Bonchev–Trinajstić information content (AvgIpc) is 2.62. The Kier molecular flexibility index (Phi) is 7.67. The zero-order chi connectivity index (χ0) is 20.0. The highest BCUT2D eigenvalue weighted by atomic mass is 19.2. The third-order valence-electron chi connectivity index (χ3n) is 4.69. The van der Waals surface area contributed by atoms with Crippen LogP contribution in [0.15, 0.2) is 18.2 Å². The molecule has 0 radical (unpaired) electrons.